The van der Waals surface area contributed by atoms with Crippen molar-refractivity contribution in [1.82, 2.24) is 9.91 Å². The molecule has 2 aliphatic rings. The second-order valence-electron chi connectivity index (χ2n) is 7.35. The van der Waals surface area contributed by atoms with E-state index in [1.165, 1.54) is 21.7 Å². The van der Waals surface area contributed by atoms with Crippen molar-refractivity contribution < 1.29 is 13.2 Å². The van der Waals surface area contributed by atoms with Gasteiger partial charge in [0.05, 0.1) is 16.7 Å². The second-order valence-corrected chi connectivity index (χ2v) is 11.3. The Bertz CT molecular complexity index is 801. The molecule has 1 spiro atoms. The third-order valence-corrected chi connectivity index (χ3v) is 7.48. The van der Waals surface area contributed by atoms with Gasteiger partial charge in [-0.2, -0.15) is 0 Å². The van der Waals surface area contributed by atoms with Crippen LogP contribution in [0.25, 0.3) is 0 Å². The lowest BCUT2D eigenvalue weighted by atomic mass is 9.85. The van der Waals surface area contributed by atoms with Crippen molar-refractivity contribution in [2.45, 2.75) is 24.9 Å². The number of hydrogen-bond acceptors (Lipinski definition) is 8. The molecule has 27 heavy (non-hydrogen) atoms. The number of fused-ring (bicyclic) bond motifs is 2. The lowest BCUT2D eigenvalue weighted by molar-refractivity contribution is -0.0941. The molecular formula is C17H27ClN4O3S2. The van der Waals surface area contributed by atoms with Gasteiger partial charge in [0.2, 0.25) is 0 Å². The Kier molecular flexibility index (Phi) is 6.39. The molecule has 0 amide bonds. The Morgan fingerprint density at radius 2 is 2.19 bits per heavy atom. The van der Waals surface area contributed by atoms with E-state index < -0.39 is 9.84 Å². The second kappa shape index (κ2) is 8.26. The van der Waals surface area contributed by atoms with Gasteiger partial charge in [-0.1, -0.05) is 11.6 Å². The maximum absolute atomic E-state index is 11.2. The lowest BCUT2D eigenvalue weighted by Crippen LogP contribution is -2.47. The van der Waals surface area contributed by atoms with Crippen molar-refractivity contribution in [3.05, 3.63) is 32.7 Å². The smallest absolute Gasteiger partial charge is 0.149 e. The average molecular weight is 435 g/mol. The fourth-order valence-electron chi connectivity index (χ4n) is 3.68. The van der Waals surface area contributed by atoms with Gasteiger partial charge < -0.3 is 15.5 Å². The molecule has 1 fully saturated rings. The van der Waals surface area contributed by atoms with Gasteiger partial charge in [-0.05, 0) is 30.9 Å². The Morgan fingerprint density at radius 3 is 2.85 bits per heavy atom. The van der Waals surface area contributed by atoms with Gasteiger partial charge in [-0.15, -0.1) is 11.3 Å². The van der Waals surface area contributed by atoms with Crippen LogP contribution in [0.1, 0.15) is 23.3 Å². The minimum absolute atomic E-state index is 0.00254. The summed E-state index contributed by atoms with van der Waals surface area (Å²) in [7, 11) is -3.05. The number of sulfone groups is 1. The number of rotatable bonds is 6. The minimum atomic E-state index is -3.05. The summed E-state index contributed by atoms with van der Waals surface area (Å²) in [6, 6.07) is 2.07. The van der Waals surface area contributed by atoms with Gasteiger partial charge in [0.15, 0.2) is 0 Å². The monoisotopic (exact) mass is 434 g/mol. The van der Waals surface area contributed by atoms with Gasteiger partial charge >= 0.3 is 0 Å². The molecule has 0 saturated carbocycles. The van der Waals surface area contributed by atoms with Crippen LogP contribution in [-0.4, -0.2) is 63.1 Å². The summed E-state index contributed by atoms with van der Waals surface area (Å²) in [4.78, 5) is 3.56. The highest BCUT2D eigenvalue weighted by Crippen LogP contribution is 2.46. The van der Waals surface area contributed by atoms with E-state index in [-0.39, 0.29) is 17.9 Å². The average Bonchev–Trinajstić information content (AvgIpc) is 2.97. The summed E-state index contributed by atoms with van der Waals surface area (Å²) in [5, 5.41) is 1.34. The zero-order chi connectivity index (χ0) is 19.7. The maximum atomic E-state index is 11.2. The van der Waals surface area contributed by atoms with E-state index in [9.17, 15) is 8.42 Å². The van der Waals surface area contributed by atoms with Crippen molar-refractivity contribution in [2.24, 2.45) is 11.6 Å². The van der Waals surface area contributed by atoms with E-state index in [1.807, 2.05) is 0 Å². The standard InChI is InChI=1S/C17H27ClN4O3S2/c1-27(23,24)9-7-22(20)12-14(19)11-21-5-3-17(4-6-21)16-13(2-8-25-17)10-15(18)26-16/h10,12H,2-9,11,19-20H2,1H3/b14-12-. The molecule has 1 aromatic rings. The topological polar surface area (TPSA) is 102 Å². The molecule has 2 aliphatic heterocycles. The fourth-order valence-corrected chi connectivity index (χ4v) is 5.72. The SMILES string of the molecule is CS(=O)(=O)CCN(N)/C=C(\N)CN1CCC2(CC1)OCCc1cc(Cl)sc12. The molecule has 0 radical (unpaired) electrons. The molecule has 10 heteroatoms. The number of hydrogen-bond donors (Lipinski definition) is 2. The Morgan fingerprint density at radius 1 is 1.48 bits per heavy atom. The van der Waals surface area contributed by atoms with Crippen molar-refractivity contribution in [3.63, 3.8) is 0 Å². The molecular weight excluding hydrogens is 408 g/mol. The van der Waals surface area contributed by atoms with Crippen LogP contribution in [0.15, 0.2) is 18.0 Å². The number of nitrogens with two attached hydrogens (primary N) is 2. The largest absolute Gasteiger partial charge is 0.400 e. The number of hydrazine groups is 1. The highest BCUT2D eigenvalue weighted by Gasteiger charge is 2.42. The maximum Gasteiger partial charge on any atom is 0.149 e. The van der Waals surface area contributed by atoms with Crippen molar-refractivity contribution in [3.8, 4) is 0 Å². The van der Waals surface area contributed by atoms with E-state index >= 15 is 0 Å². The zero-order valence-corrected chi connectivity index (χ0v) is 17.9. The molecule has 1 saturated heterocycles. The van der Waals surface area contributed by atoms with Crippen LogP contribution in [0.5, 0.6) is 0 Å². The first-order valence-electron chi connectivity index (χ1n) is 8.97. The summed E-state index contributed by atoms with van der Waals surface area (Å²) >= 11 is 7.87. The summed E-state index contributed by atoms with van der Waals surface area (Å²) in [6.07, 6.45) is 5.55. The number of nitrogens with zero attached hydrogens (tertiary/aromatic N) is 2. The highest BCUT2D eigenvalue weighted by atomic mass is 35.5. The molecule has 0 bridgehead atoms. The third kappa shape index (κ3) is 5.36. The van der Waals surface area contributed by atoms with E-state index in [4.69, 9.17) is 27.9 Å². The number of likely N-dealkylation sites (tertiary alicyclic amines) is 1. The molecule has 7 nitrogen and oxygen atoms in total. The van der Waals surface area contributed by atoms with Crippen LogP contribution >= 0.6 is 22.9 Å². The van der Waals surface area contributed by atoms with Crippen LogP contribution in [0, 0.1) is 0 Å². The van der Waals surface area contributed by atoms with E-state index in [0.29, 0.717) is 12.2 Å². The molecule has 152 valence electrons. The Balaban J connectivity index is 1.55. The molecule has 1 aromatic heterocycles. The van der Waals surface area contributed by atoms with Crippen molar-refractivity contribution >= 4 is 32.8 Å². The Hall–Kier alpha value is -0.840. The third-order valence-electron chi connectivity index (χ3n) is 5.06. The van der Waals surface area contributed by atoms with E-state index in [1.54, 1.807) is 17.5 Å². The molecule has 4 N–H and O–H groups in total. The Labute approximate surface area is 169 Å². The summed E-state index contributed by atoms with van der Waals surface area (Å²) in [6.45, 7) is 3.30. The predicted octanol–water partition coefficient (Wildman–Crippen LogP) is 1.29. The summed E-state index contributed by atoms with van der Waals surface area (Å²) in [5.41, 5.74) is 7.83. The van der Waals surface area contributed by atoms with Crippen LogP contribution in [0.2, 0.25) is 4.34 Å². The first-order chi connectivity index (χ1) is 12.7. The quantitative estimate of drug-likeness (QED) is 0.513. The molecule has 0 atom stereocenters. The van der Waals surface area contributed by atoms with E-state index in [0.717, 1.165) is 43.3 Å². The highest BCUT2D eigenvalue weighted by molar-refractivity contribution is 7.90. The van der Waals surface area contributed by atoms with Crippen molar-refractivity contribution in [1.29, 1.82) is 0 Å². The van der Waals surface area contributed by atoms with Crippen LogP contribution in [0.4, 0.5) is 0 Å². The minimum Gasteiger partial charge on any atom is -0.400 e. The number of thiophene rings is 1. The van der Waals surface area contributed by atoms with Crippen LogP contribution in [-0.2, 0) is 26.6 Å². The van der Waals surface area contributed by atoms with Crippen LogP contribution < -0.4 is 11.6 Å². The lowest BCUT2D eigenvalue weighted by Gasteiger charge is -2.43. The molecule has 0 aliphatic carbocycles. The normalized spacial score (nSPS) is 20.6. The van der Waals surface area contributed by atoms with Gasteiger partial charge in [0.25, 0.3) is 0 Å². The van der Waals surface area contributed by atoms with Gasteiger partial charge in [0.1, 0.15) is 15.4 Å². The zero-order valence-electron chi connectivity index (χ0n) is 15.5. The predicted molar refractivity (Wildman–Crippen MR) is 109 cm³/mol. The first-order valence-corrected chi connectivity index (χ1v) is 12.2. The molecule has 0 aromatic carbocycles. The summed E-state index contributed by atoms with van der Waals surface area (Å²) < 4.78 is 29.5. The van der Waals surface area contributed by atoms with Crippen molar-refractivity contribution in [2.75, 3.05) is 44.8 Å². The summed E-state index contributed by atoms with van der Waals surface area (Å²) in [5.74, 6) is 5.82. The molecule has 3 heterocycles. The first kappa shape index (κ1) is 20.9. The molecule has 3 rings (SSSR count). The van der Waals surface area contributed by atoms with E-state index in [2.05, 4.69) is 11.0 Å². The number of piperidine rings is 1. The van der Waals surface area contributed by atoms with Gasteiger partial charge in [0, 0.05) is 49.2 Å². The molecule has 0 unspecified atom stereocenters. The van der Waals surface area contributed by atoms with Gasteiger partial charge in [-0.3, -0.25) is 4.90 Å². The van der Waals surface area contributed by atoms with Crippen LogP contribution in [0.3, 0.4) is 0 Å². The number of ether oxygens (including phenoxy) is 1. The number of halogens is 1. The van der Waals surface area contributed by atoms with Gasteiger partial charge in [-0.25, -0.2) is 14.3 Å². The fraction of sp³-hybridized carbons (Fsp3) is 0.647.